The Balaban J connectivity index is 2.23. The van der Waals surface area contributed by atoms with Crippen LogP contribution in [0.15, 0.2) is 97.1 Å². The normalized spacial score (nSPS) is 13.7. The van der Waals surface area contributed by atoms with E-state index in [0.29, 0.717) is 48.5 Å². The third-order valence-electron chi connectivity index (χ3n) is 6.95. The van der Waals surface area contributed by atoms with Crippen molar-refractivity contribution in [3.8, 4) is 0 Å². The molecule has 0 aliphatic heterocycles. The van der Waals surface area contributed by atoms with Crippen molar-refractivity contribution < 1.29 is 62.9 Å². The van der Waals surface area contributed by atoms with Crippen molar-refractivity contribution >= 4 is 0 Å². The molecule has 44 heavy (non-hydrogen) atoms. The Labute approximate surface area is 240 Å². The highest BCUT2D eigenvalue weighted by molar-refractivity contribution is 5.53. The molecule has 0 radical (unpaired) electrons. The SMILES string of the molecule is OC(c1cccc(C(F)(F)F)c1)(c1cccc(C(F)(F)F)c1)C(O)(c1cccc(C(F)(F)F)c1)c1cccc(C(F)(F)F)c1. The quantitative estimate of drug-likeness (QED) is 0.215. The standard InChI is InChI=1S/C30H18F12O2/c31-27(32,33)21-9-1-5-17(13-21)25(43,18-6-2-10-22(14-18)28(34,35)36)26(44,19-7-3-11-23(15-19)29(37,38)39)20-8-4-12-24(16-20)30(40,41)42/h1-16,43-44H. The molecule has 0 amide bonds. The van der Waals surface area contributed by atoms with E-state index >= 15 is 0 Å². The lowest BCUT2D eigenvalue weighted by atomic mass is 9.65. The second kappa shape index (κ2) is 10.8. The highest BCUT2D eigenvalue weighted by Gasteiger charge is 2.56. The highest BCUT2D eigenvalue weighted by atomic mass is 19.4. The zero-order chi connectivity index (χ0) is 32.9. The number of alkyl halides is 12. The van der Waals surface area contributed by atoms with Gasteiger partial charge in [0, 0.05) is 0 Å². The molecule has 0 saturated heterocycles. The molecular weight excluding hydrogens is 620 g/mol. The van der Waals surface area contributed by atoms with E-state index in [1.54, 1.807) is 0 Å². The average Bonchev–Trinajstić information content (AvgIpc) is 2.95. The molecule has 0 spiro atoms. The van der Waals surface area contributed by atoms with Gasteiger partial charge in [-0.25, -0.2) is 0 Å². The Morgan fingerprint density at radius 3 is 0.614 bits per heavy atom. The Bertz CT molecular complexity index is 1410. The summed E-state index contributed by atoms with van der Waals surface area (Å²) in [6, 6.07) is 8.70. The first-order chi connectivity index (χ1) is 20.1. The summed E-state index contributed by atoms with van der Waals surface area (Å²) in [5.41, 5.74) is -17.1. The first-order valence-corrected chi connectivity index (χ1v) is 12.3. The summed E-state index contributed by atoms with van der Waals surface area (Å²) in [5, 5.41) is 24.8. The molecule has 4 aromatic rings. The summed E-state index contributed by atoms with van der Waals surface area (Å²) in [7, 11) is 0. The molecule has 4 rings (SSSR count). The van der Waals surface area contributed by atoms with E-state index in [1.807, 2.05) is 0 Å². The van der Waals surface area contributed by atoms with Crippen molar-refractivity contribution in [2.24, 2.45) is 0 Å². The second-order valence-electron chi connectivity index (χ2n) is 9.74. The van der Waals surface area contributed by atoms with Gasteiger partial charge in [0.15, 0.2) is 11.2 Å². The van der Waals surface area contributed by atoms with Gasteiger partial charge in [0.2, 0.25) is 0 Å². The Kier molecular flexibility index (Phi) is 8.10. The van der Waals surface area contributed by atoms with E-state index in [-0.39, 0.29) is 24.3 Å². The third-order valence-corrected chi connectivity index (χ3v) is 6.95. The van der Waals surface area contributed by atoms with Crippen LogP contribution in [0, 0.1) is 0 Å². The lowest BCUT2D eigenvalue weighted by molar-refractivity contribution is -0.142. The topological polar surface area (TPSA) is 40.5 Å². The zero-order valence-corrected chi connectivity index (χ0v) is 21.7. The fourth-order valence-electron chi connectivity index (χ4n) is 4.85. The van der Waals surface area contributed by atoms with E-state index < -0.39 is 80.4 Å². The van der Waals surface area contributed by atoms with Crippen molar-refractivity contribution in [3.63, 3.8) is 0 Å². The molecular formula is C30H18F12O2. The van der Waals surface area contributed by atoms with Crippen LogP contribution in [0.25, 0.3) is 0 Å². The van der Waals surface area contributed by atoms with Gasteiger partial charge in [-0.1, -0.05) is 48.5 Å². The van der Waals surface area contributed by atoms with Crippen LogP contribution in [0.2, 0.25) is 0 Å². The largest absolute Gasteiger partial charge is 0.416 e. The van der Waals surface area contributed by atoms with Crippen LogP contribution in [-0.4, -0.2) is 10.2 Å². The molecule has 0 atom stereocenters. The molecule has 0 heterocycles. The van der Waals surface area contributed by atoms with E-state index in [9.17, 15) is 62.9 Å². The molecule has 2 N–H and O–H groups in total. The number of halogens is 12. The summed E-state index contributed by atoms with van der Waals surface area (Å²) >= 11 is 0. The molecule has 0 unspecified atom stereocenters. The zero-order valence-electron chi connectivity index (χ0n) is 21.7. The van der Waals surface area contributed by atoms with Crippen molar-refractivity contribution in [2.75, 3.05) is 0 Å². The molecule has 0 fully saturated rings. The molecule has 0 aliphatic rings. The van der Waals surface area contributed by atoms with Gasteiger partial charge in [-0.05, 0) is 70.8 Å². The number of benzene rings is 4. The fourth-order valence-corrected chi connectivity index (χ4v) is 4.85. The van der Waals surface area contributed by atoms with E-state index in [0.717, 1.165) is 24.3 Å². The Hall–Kier alpha value is -4.04. The molecule has 14 heteroatoms. The minimum absolute atomic E-state index is 0.229. The second-order valence-corrected chi connectivity index (χ2v) is 9.74. The smallest absolute Gasteiger partial charge is 0.377 e. The van der Waals surface area contributed by atoms with Crippen LogP contribution >= 0.6 is 0 Å². The van der Waals surface area contributed by atoms with Crippen LogP contribution in [-0.2, 0) is 35.9 Å². The van der Waals surface area contributed by atoms with Crippen LogP contribution in [0.1, 0.15) is 44.5 Å². The molecule has 0 aliphatic carbocycles. The van der Waals surface area contributed by atoms with E-state index in [2.05, 4.69) is 0 Å². The van der Waals surface area contributed by atoms with Crippen molar-refractivity contribution in [1.82, 2.24) is 0 Å². The number of rotatable bonds is 5. The maximum absolute atomic E-state index is 13.7. The lowest BCUT2D eigenvalue weighted by Crippen LogP contribution is -2.51. The summed E-state index contributed by atoms with van der Waals surface area (Å²) < 4.78 is 165. The third kappa shape index (κ3) is 6.00. The molecule has 0 bridgehead atoms. The first-order valence-electron chi connectivity index (χ1n) is 12.3. The monoisotopic (exact) mass is 638 g/mol. The minimum atomic E-state index is -5.13. The van der Waals surface area contributed by atoms with Crippen LogP contribution in [0.4, 0.5) is 52.7 Å². The van der Waals surface area contributed by atoms with Crippen molar-refractivity contribution in [3.05, 3.63) is 142 Å². The van der Waals surface area contributed by atoms with Crippen LogP contribution in [0.5, 0.6) is 0 Å². The molecule has 4 aromatic carbocycles. The molecule has 0 aromatic heterocycles. The summed E-state index contributed by atoms with van der Waals surface area (Å²) in [6.07, 6.45) is -20.5. The number of hydrogen-bond donors (Lipinski definition) is 2. The maximum atomic E-state index is 13.7. The first kappa shape index (κ1) is 32.9. The lowest BCUT2D eigenvalue weighted by Gasteiger charge is -2.46. The average molecular weight is 638 g/mol. The van der Waals surface area contributed by atoms with Crippen LogP contribution < -0.4 is 0 Å². The molecule has 234 valence electrons. The van der Waals surface area contributed by atoms with Gasteiger partial charge in [0.05, 0.1) is 22.3 Å². The van der Waals surface area contributed by atoms with Gasteiger partial charge in [-0.15, -0.1) is 0 Å². The predicted octanol–water partition coefficient (Wildman–Crippen LogP) is 8.93. The molecule has 2 nitrogen and oxygen atoms in total. The Morgan fingerprint density at radius 2 is 0.455 bits per heavy atom. The van der Waals surface area contributed by atoms with Gasteiger partial charge in [-0.3, -0.25) is 0 Å². The fraction of sp³-hybridized carbons (Fsp3) is 0.200. The van der Waals surface area contributed by atoms with E-state index in [1.165, 1.54) is 0 Å². The summed E-state index contributed by atoms with van der Waals surface area (Å²) in [6.45, 7) is 0. The van der Waals surface area contributed by atoms with Gasteiger partial charge in [0.1, 0.15) is 0 Å². The van der Waals surface area contributed by atoms with Crippen LogP contribution in [0.3, 0.4) is 0 Å². The summed E-state index contributed by atoms with van der Waals surface area (Å²) in [4.78, 5) is 0. The predicted molar refractivity (Wildman–Crippen MR) is 132 cm³/mol. The number of hydrogen-bond acceptors (Lipinski definition) is 2. The number of aliphatic hydroxyl groups is 2. The van der Waals surface area contributed by atoms with Gasteiger partial charge < -0.3 is 10.2 Å². The minimum Gasteiger partial charge on any atom is -0.377 e. The van der Waals surface area contributed by atoms with Gasteiger partial charge in [-0.2, -0.15) is 52.7 Å². The van der Waals surface area contributed by atoms with Crippen molar-refractivity contribution in [1.29, 1.82) is 0 Å². The highest BCUT2D eigenvalue weighted by Crippen LogP contribution is 2.52. The Morgan fingerprint density at radius 1 is 0.295 bits per heavy atom. The van der Waals surface area contributed by atoms with Gasteiger partial charge in [0.25, 0.3) is 0 Å². The summed E-state index contributed by atoms with van der Waals surface area (Å²) in [5.74, 6) is 0. The van der Waals surface area contributed by atoms with E-state index in [4.69, 9.17) is 0 Å². The van der Waals surface area contributed by atoms with Gasteiger partial charge >= 0.3 is 24.7 Å². The molecule has 0 saturated carbocycles. The van der Waals surface area contributed by atoms with Crippen molar-refractivity contribution in [2.45, 2.75) is 35.9 Å². The maximum Gasteiger partial charge on any atom is 0.416 e.